The predicted molar refractivity (Wildman–Crippen MR) is 98.5 cm³/mol. The first-order valence-electron chi connectivity index (χ1n) is 7.95. The number of benzene rings is 2. The second-order valence-corrected chi connectivity index (χ2v) is 5.69. The lowest BCUT2D eigenvalue weighted by Crippen LogP contribution is -2.22. The fraction of sp³-hybridized carbons (Fsp3) is 0.0500. The number of rotatable bonds is 3. The summed E-state index contributed by atoms with van der Waals surface area (Å²) in [7, 11) is 0. The zero-order chi connectivity index (χ0) is 20.3. The van der Waals surface area contributed by atoms with Gasteiger partial charge < -0.3 is 5.11 Å². The summed E-state index contributed by atoms with van der Waals surface area (Å²) in [6.45, 7) is 7.03. The number of pyridine rings is 1. The summed E-state index contributed by atoms with van der Waals surface area (Å²) in [5, 5.41) is 13.8. The van der Waals surface area contributed by atoms with E-state index in [-0.39, 0.29) is 17.0 Å². The number of aromatic hydroxyl groups is 1. The van der Waals surface area contributed by atoms with Gasteiger partial charge in [0.15, 0.2) is 0 Å². The average Bonchev–Trinajstić information content (AvgIpc) is 2.67. The van der Waals surface area contributed by atoms with Crippen molar-refractivity contribution in [1.82, 2.24) is 4.68 Å². The number of halogens is 3. The van der Waals surface area contributed by atoms with Gasteiger partial charge >= 0.3 is 6.18 Å². The average molecular weight is 383 g/mol. The van der Waals surface area contributed by atoms with Crippen LogP contribution in [0.15, 0.2) is 70.6 Å². The summed E-state index contributed by atoms with van der Waals surface area (Å²) in [6, 6.07) is 14.8. The van der Waals surface area contributed by atoms with Crippen molar-refractivity contribution in [2.24, 2.45) is 5.10 Å². The molecule has 3 rings (SSSR count). The minimum absolute atomic E-state index is 0.113. The summed E-state index contributed by atoms with van der Waals surface area (Å²) in [5.74, 6) is -0.113. The fourth-order valence-corrected chi connectivity index (χ4v) is 2.56. The van der Waals surface area contributed by atoms with E-state index in [0.717, 1.165) is 17.0 Å². The van der Waals surface area contributed by atoms with Crippen molar-refractivity contribution in [3.63, 3.8) is 0 Å². The number of hydrogen-bond acceptors (Lipinski definition) is 3. The normalized spacial score (nSPS) is 11.5. The van der Waals surface area contributed by atoms with Crippen LogP contribution in [0.25, 0.3) is 16.1 Å². The van der Waals surface area contributed by atoms with E-state index in [4.69, 9.17) is 6.57 Å². The van der Waals surface area contributed by atoms with Gasteiger partial charge in [-0.15, -0.1) is 0 Å². The number of alkyl halides is 3. The number of phenolic OH excluding ortho intramolecular Hbond substituents is 1. The summed E-state index contributed by atoms with van der Waals surface area (Å²) in [6.07, 6.45) is -3.73. The summed E-state index contributed by atoms with van der Waals surface area (Å²) in [5.41, 5.74) is -3.14. The van der Waals surface area contributed by atoms with E-state index in [1.807, 2.05) is 0 Å². The molecule has 0 saturated carbocycles. The molecule has 3 aromatic rings. The Kier molecular flexibility index (Phi) is 5.00. The molecule has 0 aliphatic heterocycles. The number of aromatic nitrogens is 1. The van der Waals surface area contributed by atoms with E-state index in [9.17, 15) is 23.1 Å². The molecule has 5 nitrogen and oxygen atoms in total. The molecule has 0 atom stereocenters. The van der Waals surface area contributed by atoms with Crippen LogP contribution in [0.4, 0.5) is 18.9 Å². The molecule has 1 aromatic heterocycles. The molecule has 28 heavy (non-hydrogen) atoms. The Hall–Kier alpha value is -3.86. The largest absolute Gasteiger partial charge is 0.507 e. The topological polar surface area (TPSA) is 58.9 Å². The standard InChI is InChI=1S/C20H12F3N3O2/c1-24-18-15(20(21,22)23)11-16(13-7-3-2-4-8-13)26(19(18)28)25-12-14-9-5-6-10-17(14)27/h2-12,27H/b25-12+. The molecule has 0 spiro atoms. The third-order valence-corrected chi connectivity index (χ3v) is 3.90. The molecule has 2 aromatic carbocycles. The van der Waals surface area contributed by atoms with E-state index in [1.165, 1.54) is 24.3 Å². The Morgan fingerprint density at radius 1 is 1.07 bits per heavy atom. The van der Waals surface area contributed by atoms with Crippen molar-refractivity contribution in [1.29, 1.82) is 0 Å². The van der Waals surface area contributed by atoms with Gasteiger partial charge in [-0.25, -0.2) is 9.52 Å². The number of hydrogen-bond donors (Lipinski definition) is 1. The van der Waals surface area contributed by atoms with E-state index in [2.05, 4.69) is 9.95 Å². The van der Waals surface area contributed by atoms with Crippen molar-refractivity contribution in [2.75, 3.05) is 0 Å². The van der Waals surface area contributed by atoms with E-state index in [1.54, 1.807) is 30.3 Å². The lowest BCUT2D eigenvalue weighted by atomic mass is 10.1. The minimum atomic E-state index is -4.87. The van der Waals surface area contributed by atoms with Crippen LogP contribution in [0.5, 0.6) is 5.75 Å². The highest BCUT2D eigenvalue weighted by atomic mass is 19.4. The van der Waals surface area contributed by atoms with E-state index >= 15 is 0 Å². The highest BCUT2D eigenvalue weighted by molar-refractivity contribution is 5.83. The van der Waals surface area contributed by atoms with Crippen molar-refractivity contribution in [3.05, 3.63) is 93.6 Å². The smallest absolute Gasteiger partial charge is 0.407 e. The summed E-state index contributed by atoms with van der Waals surface area (Å²) >= 11 is 0. The molecule has 0 bridgehead atoms. The zero-order valence-corrected chi connectivity index (χ0v) is 14.2. The Bertz CT molecular complexity index is 1140. The van der Waals surface area contributed by atoms with Gasteiger partial charge in [0.2, 0.25) is 0 Å². The summed E-state index contributed by atoms with van der Waals surface area (Å²) in [4.78, 5) is 15.4. The fourth-order valence-electron chi connectivity index (χ4n) is 2.56. The van der Waals surface area contributed by atoms with Gasteiger partial charge in [-0.05, 0) is 18.2 Å². The third-order valence-electron chi connectivity index (χ3n) is 3.90. The van der Waals surface area contributed by atoms with Crippen LogP contribution in [0.1, 0.15) is 11.1 Å². The molecule has 140 valence electrons. The second kappa shape index (κ2) is 7.40. The maximum atomic E-state index is 13.4. The van der Waals surface area contributed by atoms with Gasteiger partial charge in [0.1, 0.15) is 5.75 Å². The predicted octanol–water partition coefficient (Wildman–Crippen LogP) is 4.67. The molecule has 0 aliphatic carbocycles. The lowest BCUT2D eigenvalue weighted by Gasteiger charge is -2.14. The van der Waals surface area contributed by atoms with E-state index in [0.29, 0.717) is 5.56 Å². The molecule has 0 fully saturated rings. The van der Waals surface area contributed by atoms with Crippen LogP contribution in [-0.4, -0.2) is 16.0 Å². The van der Waals surface area contributed by atoms with Crippen molar-refractivity contribution >= 4 is 11.9 Å². The number of para-hydroxylation sites is 1. The monoisotopic (exact) mass is 383 g/mol. The first kappa shape index (κ1) is 18.9. The van der Waals surface area contributed by atoms with Crippen LogP contribution in [0, 0.1) is 6.57 Å². The maximum Gasteiger partial charge on any atom is 0.407 e. The molecule has 0 radical (unpaired) electrons. The van der Waals surface area contributed by atoms with Crippen LogP contribution >= 0.6 is 0 Å². The number of nitrogens with zero attached hydrogens (tertiary/aromatic N) is 3. The van der Waals surface area contributed by atoms with Gasteiger partial charge in [0, 0.05) is 11.1 Å². The molecule has 0 saturated heterocycles. The van der Waals surface area contributed by atoms with Crippen molar-refractivity contribution < 1.29 is 18.3 Å². The minimum Gasteiger partial charge on any atom is -0.507 e. The Morgan fingerprint density at radius 2 is 1.71 bits per heavy atom. The first-order valence-corrected chi connectivity index (χ1v) is 7.95. The SMILES string of the molecule is [C-]#[N+]c1c(C(F)(F)F)cc(-c2ccccc2)n(/N=C/c2ccccc2O)c1=O. The first-order chi connectivity index (χ1) is 13.3. The molecule has 1 N–H and O–H groups in total. The molecule has 0 unspecified atom stereocenters. The van der Waals surface area contributed by atoms with Crippen LogP contribution in [0.2, 0.25) is 0 Å². The molecular formula is C20H12F3N3O2. The quantitative estimate of drug-likeness (QED) is 0.528. The zero-order valence-electron chi connectivity index (χ0n) is 14.2. The molecule has 0 aliphatic rings. The van der Waals surface area contributed by atoms with E-state index < -0.39 is 23.0 Å². The second-order valence-electron chi connectivity index (χ2n) is 5.69. The Balaban J connectivity index is 2.30. The number of phenols is 1. The molecule has 0 amide bonds. The van der Waals surface area contributed by atoms with Crippen LogP contribution in [-0.2, 0) is 6.18 Å². The molecular weight excluding hydrogens is 371 g/mol. The molecule has 1 heterocycles. The van der Waals surface area contributed by atoms with Gasteiger partial charge in [-0.1, -0.05) is 42.5 Å². The highest BCUT2D eigenvalue weighted by Crippen LogP contribution is 2.37. The van der Waals surface area contributed by atoms with Gasteiger partial charge in [-0.2, -0.15) is 18.3 Å². The Morgan fingerprint density at radius 3 is 2.32 bits per heavy atom. The van der Waals surface area contributed by atoms with Crippen LogP contribution in [0.3, 0.4) is 0 Å². The lowest BCUT2D eigenvalue weighted by molar-refractivity contribution is -0.136. The summed E-state index contributed by atoms with van der Waals surface area (Å²) < 4.78 is 40.9. The van der Waals surface area contributed by atoms with Gasteiger partial charge in [-0.3, -0.25) is 4.79 Å². The maximum absolute atomic E-state index is 13.4. The highest BCUT2D eigenvalue weighted by Gasteiger charge is 2.36. The van der Waals surface area contributed by atoms with Gasteiger partial charge in [0.25, 0.3) is 11.2 Å². The van der Waals surface area contributed by atoms with Gasteiger partial charge in [0.05, 0.1) is 24.0 Å². The van der Waals surface area contributed by atoms with Crippen molar-refractivity contribution in [3.8, 4) is 17.0 Å². The van der Waals surface area contributed by atoms with Crippen molar-refractivity contribution in [2.45, 2.75) is 6.18 Å². The van der Waals surface area contributed by atoms with Crippen LogP contribution < -0.4 is 5.56 Å². The Labute approximate surface area is 157 Å². The third kappa shape index (κ3) is 3.64. The molecule has 8 heteroatoms.